The minimum Gasteiger partial charge on any atom is -0.470 e. The Morgan fingerprint density at radius 2 is 2.31 bits per heavy atom. The smallest absolute Gasteiger partial charge is 0.158 e. The topological polar surface area (TPSA) is 50.4 Å². The molecule has 0 fully saturated rings. The molecule has 0 aliphatic heterocycles. The lowest BCUT2D eigenvalue weighted by Gasteiger charge is -1.97. The van der Waals surface area contributed by atoms with Crippen LogP contribution in [0.15, 0.2) is 22.8 Å². The Morgan fingerprint density at radius 3 is 2.38 bits per heavy atom. The zero-order valence-electron chi connectivity index (χ0n) is 8.28. The van der Waals surface area contributed by atoms with Crippen LogP contribution in [0.3, 0.4) is 0 Å². The molecule has 1 heterocycles. The van der Waals surface area contributed by atoms with Gasteiger partial charge in [0, 0.05) is 0 Å². The van der Waals surface area contributed by atoms with Gasteiger partial charge in [0.1, 0.15) is 11.9 Å². The lowest BCUT2D eigenvalue weighted by molar-refractivity contribution is -0.124. The van der Waals surface area contributed by atoms with Gasteiger partial charge in [0.05, 0.1) is 6.26 Å². The van der Waals surface area contributed by atoms with Gasteiger partial charge in [0.25, 0.3) is 0 Å². The molecule has 74 valence electrons. The Labute approximate surface area is 78.4 Å². The molecule has 3 heteroatoms. The fourth-order valence-corrected chi connectivity index (χ4v) is 0.648. The zero-order valence-corrected chi connectivity index (χ0v) is 8.28. The van der Waals surface area contributed by atoms with E-state index in [0.717, 1.165) is 5.76 Å². The molecule has 1 aromatic heterocycles. The summed E-state index contributed by atoms with van der Waals surface area (Å²) in [7, 11) is 0. The molecular formula is C10H16O3. The van der Waals surface area contributed by atoms with Gasteiger partial charge < -0.3 is 9.52 Å². The summed E-state index contributed by atoms with van der Waals surface area (Å²) >= 11 is 0. The first-order valence-electron chi connectivity index (χ1n) is 4.26. The van der Waals surface area contributed by atoms with E-state index in [1.165, 1.54) is 6.92 Å². The average molecular weight is 184 g/mol. The number of furan rings is 1. The highest BCUT2D eigenvalue weighted by Crippen LogP contribution is 1.93. The first kappa shape index (κ1) is 11.9. The predicted molar refractivity (Wildman–Crippen MR) is 50.4 cm³/mol. The summed E-state index contributed by atoms with van der Waals surface area (Å²) in [5, 5.41) is 8.59. The average Bonchev–Trinajstić information content (AvgIpc) is 2.55. The maximum Gasteiger partial charge on any atom is 0.158 e. The fraction of sp³-hybridized carbons (Fsp3) is 0.500. The van der Waals surface area contributed by atoms with Crippen LogP contribution in [0, 0.1) is 6.92 Å². The second-order valence-electron chi connectivity index (χ2n) is 2.76. The van der Waals surface area contributed by atoms with E-state index in [4.69, 9.17) is 9.52 Å². The number of rotatable bonds is 2. The summed E-state index contributed by atoms with van der Waals surface area (Å²) in [5.74, 6) is 0.817. The second-order valence-corrected chi connectivity index (χ2v) is 2.76. The normalized spacial score (nSPS) is 11.4. The van der Waals surface area contributed by atoms with Crippen molar-refractivity contribution in [2.45, 2.75) is 33.3 Å². The summed E-state index contributed by atoms with van der Waals surface area (Å²) in [6.07, 6.45) is 1.45. The van der Waals surface area contributed by atoms with Crippen LogP contribution in [0.1, 0.15) is 26.0 Å². The number of ketones is 1. The molecule has 0 radical (unpaired) electrons. The monoisotopic (exact) mass is 184 g/mol. The molecule has 0 saturated heterocycles. The molecule has 0 spiro atoms. The highest BCUT2D eigenvalue weighted by atomic mass is 16.3. The number of carbonyl (C=O) groups excluding carboxylic acids is 1. The first-order valence-corrected chi connectivity index (χ1v) is 4.26. The van der Waals surface area contributed by atoms with Crippen LogP contribution >= 0.6 is 0 Å². The number of aliphatic hydroxyl groups excluding tert-OH is 1. The second kappa shape index (κ2) is 6.43. The van der Waals surface area contributed by atoms with Crippen molar-refractivity contribution in [3.05, 3.63) is 24.2 Å². The van der Waals surface area contributed by atoms with Crippen LogP contribution in [-0.4, -0.2) is 17.0 Å². The lowest BCUT2D eigenvalue weighted by atomic mass is 10.2. The van der Waals surface area contributed by atoms with Crippen molar-refractivity contribution in [1.82, 2.24) is 0 Å². The molecule has 1 atom stereocenters. The molecule has 0 aliphatic carbocycles. The Kier molecular flexibility index (Phi) is 5.89. The fourth-order valence-electron chi connectivity index (χ4n) is 0.648. The van der Waals surface area contributed by atoms with Crippen molar-refractivity contribution in [3.63, 3.8) is 0 Å². The number of hydrogen-bond donors (Lipinski definition) is 1. The number of aryl methyl sites for hydroxylation is 1. The van der Waals surface area contributed by atoms with Crippen LogP contribution in [0.4, 0.5) is 0 Å². The number of Topliss-reactive ketones (excluding diaryl/α,β-unsaturated/α-hetero) is 1. The molecule has 0 bridgehead atoms. The molecule has 0 amide bonds. The molecule has 1 aromatic rings. The van der Waals surface area contributed by atoms with Gasteiger partial charge in [-0.15, -0.1) is 0 Å². The molecule has 1 N–H and O–H groups in total. The van der Waals surface area contributed by atoms with Crippen LogP contribution in [0.25, 0.3) is 0 Å². The van der Waals surface area contributed by atoms with Crippen molar-refractivity contribution in [3.8, 4) is 0 Å². The van der Waals surface area contributed by atoms with Crippen LogP contribution in [0.2, 0.25) is 0 Å². The number of hydrogen-bond acceptors (Lipinski definition) is 3. The van der Waals surface area contributed by atoms with Gasteiger partial charge in [-0.25, -0.2) is 0 Å². The lowest BCUT2D eigenvalue weighted by Crippen LogP contribution is -2.14. The maximum absolute atomic E-state index is 10.1. The Bertz CT molecular complexity index is 226. The standard InChI is InChI=1S/C5H10O2.C5H6O/c1-3-5(7)4(2)6;1-5-3-2-4-6-5/h5,7H,3H2,1-2H3;2-4H,1H3. The molecule has 13 heavy (non-hydrogen) atoms. The van der Waals surface area contributed by atoms with Crippen molar-refractivity contribution in [2.75, 3.05) is 0 Å². The van der Waals surface area contributed by atoms with E-state index in [1.54, 1.807) is 13.2 Å². The summed E-state index contributed by atoms with van der Waals surface area (Å²) in [4.78, 5) is 10.1. The Balaban J connectivity index is 0.000000223. The van der Waals surface area contributed by atoms with E-state index < -0.39 is 6.10 Å². The molecule has 1 rings (SSSR count). The largest absolute Gasteiger partial charge is 0.470 e. The van der Waals surface area contributed by atoms with Crippen LogP contribution in [-0.2, 0) is 4.79 Å². The van der Waals surface area contributed by atoms with Crippen molar-refractivity contribution >= 4 is 5.78 Å². The third kappa shape index (κ3) is 6.11. The molecular weight excluding hydrogens is 168 g/mol. The van der Waals surface area contributed by atoms with Gasteiger partial charge >= 0.3 is 0 Å². The van der Waals surface area contributed by atoms with E-state index in [-0.39, 0.29) is 5.78 Å². The van der Waals surface area contributed by atoms with Crippen LogP contribution in [0.5, 0.6) is 0 Å². The van der Waals surface area contributed by atoms with Gasteiger partial charge in [-0.05, 0) is 32.4 Å². The van der Waals surface area contributed by atoms with E-state index in [9.17, 15) is 4.79 Å². The highest BCUT2D eigenvalue weighted by Gasteiger charge is 2.03. The van der Waals surface area contributed by atoms with Crippen molar-refractivity contribution in [2.24, 2.45) is 0 Å². The predicted octanol–water partition coefficient (Wildman–Crippen LogP) is 1.93. The summed E-state index contributed by atoms with van der Waals surface area (Å²) < 4.78 is 4.83. The molecule has 1 unspecified atom stereocenters. The third-order valence-electron chi connectivity index (χ3n) is 1.52. The van der Waals surface area contributed by atoms with Gasteiger partial charge in [-0.3, -0.25) is 4.79 Å². The molecule has 3 nitrogen and oxygen atoms in total. The summed E-state index contributed by atoms with van der Waals surface area (Å²) in [6, 6.07) is 3.79. The van der Waals surface area contributed by atoms with Crippen LogP contribution < -0.4 is 0 Å². The number of aliphatic hydroxyl groups is 1. The minimum absolute atomic E-state index is 0.150. The zero-order chi connectivity index (χ0) is 10.3. The van der Waals surface area contributed by atoms with Crippen molar-refractivity contribution in [1.29, 1.82) is 0 Å². The van der Waals surface area contributed by atoms with E-state index in [0.29, 0.717) is 6.42 Å². The van der Waals surface area contributed by atoms with Gasteiger partial charge in [0.15, 0.2) is 5.78 Å². The van der Waals surface area contributed by atoms with Gasteiger partial charge in [-0.2, -0.15) is 0 Å². The first-order chi connectivity index (χ1) is 6.07. The molecule has 0 aliphatic rings. The van der Waals surface area contributed by atoms with E-state index in [1.807, 2.05) is 19.1 Å². The quantitative estimate of drug-likeness (QED) is 0.764. The summed E-state index contributed by atoms with van der Waals surface area (Å²) in [6.45, 7) is 5.07. The molecule has 0 aromatic carbocycles. The van der Waals surface area contributed by atoms with Crippen molar-refractivity contribution < 1.29 is 14.3 Å². The van der Waals surface area contributed by atoms with Gasteiger partial charge in [0.2, 0.25) is 0 Å². The SMILES string of the molecule is CCC(O)C(C)=O.Cc1ccco1. The Morgan fingerprint density at radius 1 is 1.69 bits per heavy atom. The Hall–Kier alpha value is -1.09. The highest BCUT2D eigenvalue weighted by molar-refractivity contribution is 5.79. The third-order valence-corrected chi connectivity index (χ3v) is 1.52. The van der Waals surface area contributed by atoms with E-state index in [2.05, 4.69) is 0 Å². The molecule has 0 saturated carbocycles. The minimum atomic E-state index is -0.736. The van der Waals surface area contributed by atoms with Gasteiger partial charge in [-0.1, -0.05) is 6.92 Å². The maximum atomic E-state index is 10.1. The van der Waals surface area contributed by atoms with E-state index >= 15 is 0 Å². The summed E-state index contributed by atoms with van der Waals surface area (Å²) in [5.41, 5.74) is 0. The number of carbonyl (C=O) groups is 1.